The highest BCUT2D eigenvalue weighted by molar-refractivity contribution is 5.98. The Morgan fingerprint density at radius 3 is 2.65 bits per heavy atom. The van der Waals surface area contributed by atoms with Gasteiger partial charge in [0.05, 0.1) is 11.5 Å². The number of nitrogens with one attached hydrogen (secondary N) is 2. The molecule has 90 valence electrons. The van der Waals surface area contributed by atoms with E-state index in [0.29, 0.717) is 0 Å². The third kappa shape index (κ3) is 1.63. The minimum Gasteiger partial charge on any atom is -0.481 e. The summed E-state index contributed by atoms with van der Waals surface area (Å²) in [6.45, 7) is 0. The molecule has 0 bridgehead atoms. The average Bonchev–Trinajstić information content (AvgIpc) is 2.24. The van der Waals surface area contributed by atoms with Crippen LogP contribution in [-0.4, -0.2) is 26.5 Å². The van der Waals surface area contributed by atoms with Crippen molar-refractivity contribution in [2.45, 2.75) is 12.3 Å². The van der Waals surface area contributed by atoms with Crippen LogP contribution < -0.4 is 16.6 Å². The fraction of sp³-hybridized carbons (Fsp3) is 0.333. The second-order valence-electron chi connectivity index (χ2n) is 3.72. The van der Waals surface area contributed by atoms with Crippen LogP contribution in [0, 0.1) is 0 Å². The van der Waals surface area contributed by atoms with Gasteiger partial charge in [0, 0.05) is 13.5 Å². The highest BCUT2D eigenvalue weighted by Crippen LogP contribution is 2.27. The van der Waals surface area contributed by atoms with Gasteiger partial charge < -0.3 is 10.4 Å². The number of hydrogen-bond donors (Lipinski definition) is 3. The minimum absolute atomic E-state index is 0.0533. The van der Waals surface area contributed by atoms with Crippen LogP contribution in [0.25, 0.3) is 0 Å². The number of carboxylic acid groups (broad SMARTS) is 1. The van der Waals surface area contributed by atoms with Crippen LogP contribution in [0.15, 0.2) is 9.59 Å². The van der Waals surface area contributed by atoms with Crippen LogP contribution >= 0.6 is 0 Å². The molecule has 0 aliphatic carbocycles. The highest BCUT2D eigenvalue weighted by Gasteiger charge is 2.34. The Morgan fingerprint density at radius 1 is 1.41 bits per heavy atom. The summed E-state index contributed by atoms with van der Waals surface area (Å²) in [6, 6.07) is 0. The van der Waals surface area contributed by atoms with Gasteiger partial charge in [0.15, 0.2) is 0 Å². The first kappa shape index (κ1) is 11.1. The number of amides is 1. The number of carbonyl (C=O) groups excluding carboxylic acids is 1. The van der Waals surface area contributed by atoms with Crippen molar-refractivity contribution in [2.75, 3.05) is 5.32 Å². The molecule has 0 spiro atoms. The number of carbonyl (C=O) groups is 2. The average molecular weight is 239 g/mol. The number of nitrogens with zero attached hydrogens (tertiary/aromatic N) is 1. The number of fused-ring (bicyclic) bond motifs is 1. The molecule has 2 heterocycles. The van der Waals surface area contributed by atoms with Gasteiger partial charge in [-0.1, -0.05) is 0 Å². The Morgan fingerprint density at radius 2 is 2.06 bits per heavy atom. The summed E-state index contributed by atoms with van der Waals surface area (Å²) in [6.07, 6.45) is -0.316. The number of carboxylic acids is 1. The number of H-pyrrole nitrogens is 1. The fourth-order valence-electron chi connectivity index (χ4n) is 1.79. The molecule has 0 saturated carbocycles. The standard InChI is InChI=1S/C9H9N3O5/c1-12-6-5(7(14)11-9(12)17)3(8(15)16)2-4(13)10-6/h3H,2H2,1H3,(H,10,13)(H,15,16)(H,11,14,17). The number of rotatable bonds is 1. The molecule has 8 heteroatoms. The quantitative estimate of drug-likeness (QED) is 0.555. The van der Waals surface area contributed by atoms with E-state index in [-0.39, 0.29) is 17.8 Å². The zero-order valence-electron chi connectivity index (χ0n) is 8.81. The van der Waals surface area contributed by atoms with Gasteiger partial charge in [-0.2, -0.15) is 0 Å². The molecule has 3 N–H and O–H groups in total. The van der Waals surface area contributed by atoms with Crippen molar-refractivity contribution in [2.24, 2.45) is 7.05 Å². The van der Waals surface area contributed by atoms with Crippen LogP contribution in [0.3, 0.4) is 0 Å². The fourth-order valence-corrected chi connectivity index (χ4v) is 1.79. The predicted molar refractivity (Wildman–Crippen MR) is 55.9 cm³/mol. The first-order valence-corrected chi connectivity index (χ1v) is 4.77. The van der Waals surface area contributed by atoms with E-state index in [4.69, 9.17) is 5.11 Å². The highest BCUT2D eigenvalue weighted by atomic mass is 16.4. The molecule has 0 radical (unpaired) electrons. The zero-order valence-corrected chi connectivity index (χ0v) is 8.81. The third-order valence-electron chi connectivity index (χ3n) is 2.65. The molecule has 0 aromatic carbocycles. The van der Waals surface area contributed by atoms with E-state index in [1.54, 1.807) is 0 Å². The maximum absolute atomic E-state index is 11.6. The molecule has 1 aromatic heterocycles. The minimum atomic E-state index is -1.27. The van der Waals surface area contributed by atoms with Gasteiger partial charge in [-0.05, 0) is 0 Å². The molecule has 1 aliphatic rings. The lowest BCUT2D eigenvalue weighted by Crippen LogP contribution is -2.40. The normalized spacial score (nSPS) is 18.4. The van der Waals surface area contributed by atoms with Crippen molar-refractivity contribution in [3.05, 3.63) is 26.4 Å². The summed E-state index contributed by atoms with van der Waals surface area (Å²) in [7, 11) is 1.33. The molecule has 0 fully saturated rings. The van der Waals surface area contributed by atoms with Crippen LogP contribution in [0.1, 0.15) is 17.9 Å². The second-order valence-corrected chi connectivity index (χ2v) is 3.72. The first-order valence-electron chi connectivity index (χ1n) is 4.77. The van der Waals surface area contributed by atoms with Gasteiger partial charge in [-0.15, -0.1) is 0 Å². The van der Waals surface area contributed by atoms with Crippen molar-refractivity contribution in [1.29, 1.82) is 0 Å². The van der Waals surface area contributed by atoms with Gasteiger partial charge in [0.25, 0.3) is 5.56 Å². The molecule has 2 rings (SSSR count). The first-order chi connectivity index (χ1) is 7.91. The predicted octanol–water partition coefficient (Wildman–Crippen LogP) is -1.42. The summed E-state index contributed by atoms with van der Waals surface area (Å²) in [5.41, 5.74) is -1.59. The molecule has 1 aliphatic heterocycles. The van der Waals surface area contributed by atoms with Crippen LogP contribution in [0.4, 0.5) is 5.82 Å². The van der Waals surface area contributed by atoms with Crippen LogP contribution in [-0.2, 0) is 16.6 Å². The van der Waals surface area contributed by atoms with Gasteiger partial charge >= 0.3 is 11.7 Å². The lowest BCUT2D eigenvalue weighted by Gasteiger charge is -2.22. The maximum atomic E-state index is 11.6. The van der Waals surface area contributed by atoms with Crippen LogP contribution in [0.2, 0.25) is 0 Å². The van der Waals surface area contributed by atoms with E-state index < -0.39 is 29.0 Å². The molecule has 1 aromatic rings. The molecule has 17 heavy (non-hydrogen) atoms. The van der Waals surface area contributed by atoms with Gasteiger partial charge in [0.1, 0.15) is 5.82 Å². The Hall–Kier alpha value is -2.38. The van der Waals surface area contributed by atoms with Crippen molar-refractivity contribution >= 4 is 17.7 Å². The van der Waals surface area contributed by atoms with E-state index in [2.05, 4.69) is 5.32 Å². The van der Waals surface area contributed by atoms with Crippen molar-refractivity contribution in [3.8, 4) is 0 Å². The monoisotopic (exact) mass is 239 g/mol. The van der Waals surface area contributed by atoms with E-state index >= 15 is 0 Å². The Labute approximate surface area is 93.9 Å². The number of aromatic amines is 1. The van der Waals surface area contributed by atoms with Crippen molar-refractivity contribution in [1.82, 2.24) is 9.55 Å². The van der Waals surface area contributed by atoms with E-state index in [9.17, 15) is 19.2 Å². The lowest BCUT2D eigenvalue weighted by molar-refractivity contribution is -0.140. The van der Waals surface area contributed by atoms with Crippen molar-refractivity contribution < 1.29 is 14.7 Å². The summed E-state index contributed by atoms with van der Waals surface area (Å²) in [4.78, 5) is 47.2. The van der Waals surface area contributed by atoms with Gasteiger partial charge in [-0.3, -0.25) is 23.9 Å². The summed E-state index contributed by atoms with van der Waals surface area (Å²) in [5, 5.41) is 11.3. The van der Waals surface area contributed by atoms with Gasteiger partial charge in [-0.25, -0.2) is 4.79 Å². The molecule has 1 amide bonds. The smallest absolute Gasteiger partial charge is 0.329 e. The SMILES string of the molecule is Cn1c2c(c(=O)[nH]c1=O)C(C(=O)O)CC(=O)N2. The molecule has 0 saturated heterocycles. The van der Waals surface area contributed by atoms with Crippen molar-refractivity contribution in [3.63, 3.8) is 0 Å². The van der Waals surface area contributed by atoms with E-state index in [1.165, 1.54) is 7.05 Å². The summed E-state index contributed by atoms with van der Waals surface area (Å²) >= 11 is 0. The topological polar surface area (TPSA) is 121 Å². The van der Waals surface area contributed by atoms with Crippen LogP contribution in [0.5, 0.6) is 0 Å². The number of hydrogen-bond acceptors (Lipinski definition) is 4. The van der Waals surface area contributed by atoms with E-state index in [1.807, 2.05) is 4.98 Å². The summed E-state index contributed by atoms with van der Waals surface area (Å²) in [5.74, 6) is -3.09. The Balaban J connectivity index is 2.79. The Bertz CT molecular complexity index is 626. The molecule has 8 nitrogen and oxygen atoms in total. The number of aliphatic carboxylic acids is 1. The van der Waals surface area contributed by atoms with Gasteiger partial charge in [0.2, 0.25) is 5.91 Å². The van der Waals surface area contributed by atoms with E-state index in [0.717, 1.165) is 4.57 Å². The molecular weight excluding hydrogens is 230 g/mol. The maximum Gasteiger partial charge on any atom is 0.329 e. The lowest BCUT2D eigenvalue weighted by atomic mass is 9.94. The molecular formula is C9H9N3O5. The Kier molecular flexibility index (Phi) is 2.34. The largest absolute Gasteiger partial charge is 0.481 e. The molecule has 1 unspecified atom stereocenters. The zero-order chi connectivity index (χ0) is 12.7. The third-order valence-corrected chi connectivity index (χ3v) is 2.65. The summed E-state index contributed by atoms with van der Waals surface area (Å²) < 4.78 is 1.00. The number of aromatic nitrogens is 2. The second kappa shape index (κ2) is 3.58. The molecule has 1 atom stereocenters. The number of anilines is 1.